The molecule has 0 fully saturated rings. The Morgan fingerprint density at radius 1 is 1.10 bits per heavy atom. The van der Waals surface area contributed by atoms with E-state index in [4.69, 9.17) is 9.72 Å². The maximum atomic E-state index is 5.94. The van der Waals surface area contributed by atoms with Gasteiger partial charge in [0, 0.05) is 24.6 Å². The van der Waals surface area contributed by atoms with Crippen LogP contribution in [0.25, 0.3) is 0 Å². The zero-order valence-corrected chi connectivity index (χ0v) is 14.9. The molecule has 0 aliphatic heterocycles. The number of hydrogen-bond donors (Lipinski definition) is 1. The first-order chi connectivity index (χ1) is 9.59. The minimum absolute atomic E-state index is 0.0174. The van der Waals surface area contributed by atoms with Gasteiger partial charge in [-0.05, 0) is 19.3 Å². The average Bonchev–Trinajstić information content (AvgIpc) is 2.33. The first-order valence-electron chi connectivity index (χ1n) is 7.84. The van der Waals surface area contributed by atoms with Crippen molar-refractivity contribution in [2.24, 2.45) is 5.41 Å². The largest absolute Gasteiger partial charge is 0.370 e. The molecule has 4 nitrogen and oxygen atoms in total. The second-order valence-corrected chi connectivity index (χ2v) is 7.48. The fourth-order valence-electron chi connectivity index (χ4n) is 2.12. The van der Waals surface area contributed by atoms with Crippen molar-refractivity contribution in [3.63, 3.8) is 0 Å². The molecule has 1 rings (SSSR count). The van der Waals surface area contributed by atoms with E-state index in [-0.39, 0.29) is 16.9 Å². The number of aromatic nitrogens is 2. The summed E-state index contributed by atoms with van der Waals surface area (Å²) >= 11 is 0. The van der Waals surface area contributed by atoms with E-state index in [2.05, 4.69) is 58.8 Å². The van der Waals surface area contributed by atoms with E-state index in [0.29, 0.717) is 6.61 Å². The number of ether oxygens (including phenoxy) is 1. The molecule has 0 aliphatic rings. The first kappa shape index (κ1) is 17.9. The summed E-state index contributed by atoms with van der Waals surface area (Å²) in [5.74, 6) is 1.65. The Labute approximate surface area is 129 Å². The van der Waals surface area contributed by atoms with E-state index < -0.39 is 0 Å². The van der Waals surface area contributed by atoms with Gasteiger partial charge in [0.25, 0.3) is 0 Å². The van der Waals surface area contributed by atoms with Crippen LogP contribution in [-0.2, 0) is 10.2 Å². The summed E-state index contributed by atoms with van der Waals surface area (Å²) in [5.41, 5.74) is 0.976. The van der Waals surface area contributed by atoms with Gasteiger partial charge in [0.15, 0.2) is 5.82 Å². The zero-order valence-electron chi connectivity index (χ0n) is 14.9. The summed E-state index contributed by atoms with van der Waals surface area (Å²) < 4.78 is 5.94. The lowest BCUT2D eigenvalue weighted by atomic mass is 9.87. The second-order valence-electron chi connectivity index (χ2n) is 7.48. The lowest BCUT2D eigenvalue weighted by Crippen LogP contribution is -2.26. The van der Waals surface area contributed by atoms with Gasteiger partial charge in [0.05, 0.1) is 5.69 Å². The molecule has 0 spiro atoms. The van der Waals surface area contributed by atoms with Gasteiger partial charge in [-0.2, -0.15) is 0 Å². The van der Waals surface area contributed by atoms with Gasteiger partial charge in [0.1, 0.15) is 11.9 Å². The quantitative estimate of drug-likeness (QED) is 0.877. The van der Waals surface area contributed by atoms with E-state index in [9.17, 15) is 0 Å². The van der Waals surface area contributed by atoms with Crippen LogP contribution in [0, 0.1) is 5.41 Å². The van der Waals surface area contributed by atoms with Gasteiger partial charge in [-0.15, -0.1) is 0 Å². The molecular formula is C17H31N3O. The molecule has 0 aromatic carbocycles. The monoisotopic (exact) mass is 293 g/mol. The Kier molecular flexibility index (Phi) is 5.74. The lowest BCUT2D eigenvalue weighted by Gasteiger charge is -2.30. The molecule has 1 heterocycles. The molecule has 120 valence electrons. The number of hydrogen-bond acceptors (Lipinski definition) is 4. The number of nitrogens with one attached hydrogen (secondary N) is 1. The van der Waals surface area contributed by atoms with E-state index in [1.54, 1.807) is 0 Å². The van der Waals surface area contributed by atoms with Crippen LogP contribution in [0.15, 0.2) is 6.07 Å². The van der Waals surface area contributed by atoms with Crippen molar-refractivity contribution in [3.05, 3.63) is 17.6 Å². The van der Waals surface area contributed by atoms with Crippen LogP contribution in [0.5, 0.6) is 0 Å². The molecule has 1 aromatic rings. The zero-order chi connectivity index (χ0) is 16.3. The first-order valence-corrected chi connectivity index (χ1v) is 7.84. The lowest BCUT2D eigenvalue weighted by molar-refractivity contribution is -0.0192. The van der Waals surface area contributed by atoms with Gasteiger partial charge < -0.3 is 10.1 Å². The Balaban J connectivity index is 3.35. The van der Waals surface area contributed by atoms with Gasteiger partial charge in [0.2, 0.25) is 0 Å². The average molecular weight is 293 g/mol. The minimum Gasteiger partial charge on any atom is -0.370 e. The molecule has 0 aliphatic carbocycles. The summed E-state index contributed by atoms with van der Waals surface area (Å²) in [6.07, 6.45) is -0.109. The third kappa shape index (κ3) is 4.95. The van der Waals surface area contributed by atoms with E-state index in [1.165, 1.54) is 0 Å². The normalized spacial score (nSPS) is 14.1. The van der Waals surface area contributed by atoms with E-state index >= 15 is 0 Å². The van der Waals surface area contributed by atoms with Crippen molar-refractivity contribution < 1.29 is 4.74 Å². The Morgan fingerprint density at radius 2 is 1.71 bits per heavy atom. The molecular weight excluding hydrogens is 262 g/mol. The molecule has 1 atom stereocenters. The van der Waals surface area contributed by atoms with Crippen LogP contribution in [0.1, 0.15) is 73.0 Å². The number of nitrogens with zero attached hydrogens (tertiary/aromatic N) is 2. The molecule has 0 bridgehead atoms. The number of rotatable bonds is 5. The van der Waals surface area contributed by atoms with Crippen molar-refractivity contribution in [1.82, 2.24) is 9.97 Å². The maximum Gasteiger partial charge on any atom is 0.160 e. The molecule has 1 N–H and O–H groups in total. The van der Waals surface area contributed by atoms with Crippen molar-refractivity contribution in [3.8, 4) is 0 Å². The summed E-state index contributed by atoms with van der Waals surface area (Å²) in [5, 5.41) is 3.30. The van der Waals surface area contributed by atoms with Crippen LogP contribution in [0.2, 0.25) is 0 Å². The van der Waals surface area contributed by atoms with Gasteiger partial charge in [-0.25, -0.2) is 9.97 Å². The third-order valence-electron chi connectivity index (χ3n) is 3.22. The highest BCUT2D eigenvalue weighted by Gasteiger charge is 2.31. The van der Waals surface area contributed by atoms with Crippen LogP contribution in [-0.4, -0.2) is 23.1 Å². The maximum absolute atomic E-state index is 5.94. The highest BCUT2D eigenvalue weighted by Crippen LogP contribution is 2.35. The molecule has 0 saturated heterocycles. The Hall–Kier alpha value is -1.16. The smallest absolute Gasteiger partial charge is 0.160 e. The minimum atomic E-state index is -0.109. The number of anilines is 1. The topological polar surface area (TPSA) is 47.0 Å². The van der Waals surface area contributed by atoms with Crippen molar-refractivity contribution in [1.29, 1.82) is 0 Å². The standard InChI is InChI=1S/C17H31N3O/c1-9-18-13-11-12(16(3,4)5)19-15(20-13)14(21-10-2)17(6,7)8/h11,14H,9-10H2,1-8H3,(H,18,19,20). The molecule has 0 radical (unpaired) electrons. The van der Waals surface area contributed by atoms with Gasteiger partial charge >= 0.3 is 0 Å². The van der Waals surface area contributed by atoms with Crippen molar-refractivity contribution in [2.75, 3.05) is 18.5 Å². The molecule has 21 heavy (non-hydrogen) atoms. The summed E-state index contributed by atoms with van der Waals surface area (Å²) in [6.45, 7) is 18.6. The summed E-state index contributed by atoms with van der Waals surface area (Å²) in [6, 6.07) is 2.04. The highest BCUT2D eigenvalue weighted by molar-refractivity contribution is 5.38. The predicted octanol–water partition coefficient (Wildman–Crippen LogP) is 4.33. The van der Waals surface area contributed by atoms with Crippen LogP contribution in [0.3, 0.4) is 0 Å². The van der Waals surface area contributed by atoms with Gasteiger partial charge in [-0.3, -0.25) is 0 Å². The van der Waals surface area contributed by atoms with Crippen LogP contribution >= 0.6 is 0 Å². The van der Waals surface area contributed by atoms with Crippen molar-refractivity contribution in [2.45, 2.75) is 66.9 Å². The molecule has 0 saturated carbocycles. The SMILES string of the molecule is CCNc1cc(C(C)(C)C)nc(C(OCC)C(C)(C)C)n1. The molecule has 1 unspecified atom stereocenters. The van der Waals surface area contributed by atoms with Gasteiger partial charge in [-0.1, -0.05) is 41.5 Å². The fourth-order valence-corrected chi connectivity index (χ4v) is 2.12. The summed E-state index contributed by atoms with van der Waals surface area (Å²) in [4.78, 5) is 9.47. The van der Waals surface area contributed by atoms with Crippen LogP contribution in [0.4, 0.5) is 5.82 Å². The van der Waals surface area contributed by atoms with E-state index in [0.717, 1.165) is 23.9 Å². The molecule has 0 amide bonds. The molecule has 1 aromatic heterocycles. The Morgan fingerprint density at radius 3 is 2.14 bits per heavy atom. The highest BCUT2D eigenvalue weighted by atomic mass is 16.5. The predicted molar refractivity (Wildman–Crippen MR) is 88.7 cm³/mol. The van der Waals surface area contributed by atoms with E-state index in [1.807, 2.05) is 13.0 Å². The second kappa shape index (κ2) is 6.73. The fraction of sp³-hybridized carbons (Fsp3) is 0.765. The third-order valence-corrected chi connectivity index (χ3v) is 3.22. The summed E-state index contributed by atoms with van der Waals surface area (Å²) in [7, 11) is 0. The van der Waals surface area contributed by atoms with Crippen molar-refractivity contribution >= 4 is 5.82 Å². The van der Waals surface area contributed by atoms with Crippen LogP contribution < -0.4 is 5.32 Å². The molecule has 4 heteroatoms. The Bertz CT molecular complexity index is 458.